The van der Waals surface area contributed by atoms with Gasteiger partial charge < -0.3 is 15.6 Å². The Morgan fingerprint density at radius 3 is 2.50 bits per heavy atom. The Morgan fingerprint density at radius 2 is 2.06 bits per heavy atom. The molecule has 2 atom stereocenters. The quantitative estimate of drug-likeness (QED) is 0.817. The SMILES string of the molecule is Cc1cc([C@@H](C)N)ccc1OC(C)C(=O)O. The Morgan fingerprint density at radius 1 is 1.44 bits per heavy atom. The van der Waals surface area contributed by atoms with Gasteiger partial charge in [0.25, 0.3) is 0 Å². The van der Waals surface area contributed by atoms with Crippen LogP contribution in [-0.4, -0.2) is 17.2 Å². The first-order valence-corrected chi connectivity index (χ1v) is 5.17. The van der Waals surface area contributed by atoms with Crippen molar-refractivity contribution in [3.8, 4) is 5.75 Å². The van der Waals surface area contributed by atoms with E-state index in [2.05, 4.69) is 0 Å². The average Bonchev–Trinajstić information content (AvgIpc) is 2.20. The zero-order valence-corrected chi connectivity index (χ0v) is 9.73. The number of carbonyl (C=O) groups is 1. The first-order chi connectivity index (χ1) is 7.41. The molecule has 4 nitrogen and oxygen atoms in total. The van der Waals surface area contributed by atoms with E-state index in [9.17, 15) is 4.79 Å². The number of aryl methyl sites for hydroxylation is 1. The van der Waals surface area contributed by atoms with Gasteiger partial charge in [0.1, 0.15) is 5.75 Å². The summed E-state index contributed by atoms with van der Waals surface area (Å²) in [5, 5.41) is 8.73. The van der Waals surface area contributed by atoms with Gasteiger partial charge in [-0.1, -0.05) is 12.1 Å². The number of benzene rings is 1. The minimum Gasteiger partial charge on any atom is -0.479 e. The third-order valence-corrected chi connectivity index (χ3v) is 2.38. The molecule has 0 saturated heterocycles. The molecule has 0 aromatic heterocycles. The molecule has 16 heavy (non-hydrogen) atoms. The van der Waals surface area contributed by atoms with Crippen molar-refractivity contribution in [2.24, 2.45) is 5.73 Å². The van der Waals surface area contributed by atoms with Crippen LogP contribution in [-0.2, 0) is 4.79 Å². The van der Waals surface area contributed by atoms with Crippen molar-refractivity contribution in [1.82, 2.24) is 0 Å². The Balaban J connectivity index is 2.87. The minimum atomic E-state index is -0.976. The predicted molar refractivity (Wildman–Crippen MR) is 61.5 cm³/mol. The van der Waals surface area contributed by atoms with Crippen molar-refractivity contribution in [3.63, 3.8) is 0 Å². The summed E-state index contributed by atoms with van der Waals surface area (Å²) in [4.78, 5) is 10.6. The molecule has 0 fully saturated rings. The van der Waals surface area contributed by atoms with Crippen molar-refractivity contribution in [1.29, 1.82) is 0 Å². The lowest BCUT2D eigenvalue weighted by molar-refractivity contribution is -0.144. The molecule has 0 aliphatic heterocycles. The molecule has 0 spiro atoms. The largest absolute Gasteiger partial charge is 0.479 e. The summed E-state index contributed by atoms with van der Waals surface area (Å²) in [5.74, 6) is -0.394. The number of rotatable bonds is 4. The zero-order chi connectivity index (χ0) is 12.3. The second-order valence-electron chi connectivity index (χ2n) is 3.91. The van der Waals surface area contributed by atoms with Crippen LogP contribution in [0.5, 0.6) is 5.75 Å². The lowest BCUT2D eigenvalue weighted by Gasteiger charge is -2.14. The highest BCUT2D eigenvalue weighted by Crippen LogP contribution is 2.22. The van der Waals surface area contributed by atoms with Gasteiger partial charge in [0.2, 0.25) is 0 Å². The third-order valence-electron chi connectivity index (χ3n) is 2.38. The maximum absolute atomic E-state index is 10.6. The first-order valence-electron chi connectivity index (χ1n) is 5.17. The van der Waals surface area contributed by atoms with Crippen molar-refractivity contribution in [2.45, 2.75) is 32.9 Å². The highest BCUT2D eigenvalue weighted by atomic mass is 16.5. The van der Waals surface area contributed by atoms with Crippen LogP contribution in [0.15, 0.2) is 18.2 Å². The predicted octanol–water partition coefficient (Wildman–Crippen LogP) is 1.87. The fourth-order valence-corrected chi connectivity index (χ4v) is 1.33. The second-order valence-corrected chi connectivity index (χ2v) is 3.91. The second kappa shape index (κ2) is 4.99. The Kier molecular flexibility index (Phi) is 3.90. The summed E-state index contributed by atoms with van der Waals surface area (Å²) in [6, 6.07) is 5.48. The fourth-order valence-electron chi connectivity index (χ4n) is 1.33. The molecule has 3 N–H and O–H groups in total. The third kappa shape index (κ3) is 2.97. The summed E-state index contributed by atoms with van der Waals surface area (Å²) in [5.41, 5.74) is 7.65. The zero-order valence-electron chi connectivity index (χ0n) is 9.73. The van der Waals surface area contributed by atoms with Gasteiger partial charge in [-0.05, 0) is 38.0 Å². The monoisotopic (exact) mass is 223 g/mol. The van der Waals surface area contributed by atoms with Crippen LogP contribution in [0, 0.1) is 6.92 Å². The standard InChI is InChI=1S/C12H17NO3/c1-7-6-10(8(2)13)4-5-11(7)16-9(3)12(14)15/h4-6,8-9H,13H2,1-3H3,(H,14,15)/t8-,9?/m1/s1. The van der Waals surface area contributed by atoms with E-state index in [0.29, 0.717) is 5.75 Å². The maximum Gasteiger partial charge on any atom is 0.344 e. The lowest BCUT2D eigenvalue weighted by atomic mass is 10.1. The van der Waals surface area contributed by atoms with Gasteiger partial charge >= 0.3 is 5.97 Å². The van der Waals surface area contributed by atoms with E-state index in [1.54, 1.807) is 6.07 Å². The summed E-state index contributed by atoms with van der Waals surface area (Å²) in [6.45, 7) is 5.27. The summed E-state index contributed by atoms with van der Waals surface area (Å²) in [6.07, 6.45) is -0.847. The van der Waals surface area contributed by atoms with E-state index < -0.39 is 12.1 Å². The van der Waals surface area contributed by atoms with E-state index in [1.165, 1.54) is 6.92 Å². The highest BCUT2D eigenvalue weighted by molar-refractivity contribution is 5.72. The van der Waals surface area contributed by atoms with Crippen LogP contribution in [0.4, 0.5) is 0 Å². The summed E-state index contributed by atoms with van der Waals surface area (Å²) >= 11 is 0. The van der Waals surface area contributed by atoms with Crippen molar-refractivity contribution >= 4 is 5.97 Å². The van der Waals surface area contributed by atoms with Crippen LogP contribution in [0.3, 0.4) is 0 Å². The average molecular weight is 223 g/mol. The number of hydrogen-bond donors (Lipinski definition) is 2. The molecule has 1 aromatic carbocycles. The van der Waals surface area contributed by atoms with E-state index in [0.717, 1.165) is 11.1 Å². The minimum absolute atomic E-state index is 0.0374. The molecule has 0 bridgehead atoms. The number of nitrogens with two attached hydrogens (primary N) is 1. The number of aliphatic carboxylic acids is 1. The molecule has 1 rings (SSSR count). The molecule has 0 aliphatic rings. The fraction of sp³-hybridized carbons (Fsp3) is 0.417. The molecule has 0 amide bonds. The molecule has 4 heteroatoms. The van der Waals surface area contributed by atoms with Crippen LogP contribution in [0.2, 0.25) is 0 Å². The van der Waals surface area contributed by atoms with E-state index in [4.69, 9.17) is 15.6 Å². The molecule has 0 heterocycles. The molecule has 1 aromatic rings. The molecular weight excluding hydrogens is 206 g/mol. The van der Waals surface area contributed by atoms with Gasteiger partial charge in [0.15, 0.2) is 6.10 Å². The topological polar surface area (TPSA) is 72.5 Å². The summed E-state index contributed by atoms with van der Waals surface area (Å²) in [7, 11) is 0. The molecule has 0 aliphatic carbocycles. The normalized spacial score (nSPS) is 14.2. The number of hydrogen-bond acceptors (Lipinski definition) is 3. The van der Waals surface area contributed by atoms with Crippen LogP contribution in [0.1, 0.15) is 31.0 Å². The number of carboxylic acid groups (broad SMARTS) is 1. The lowest BCUT2D eigenvalue weighted by Crippen LogP contribution is -2.23. The van der Waals surface area contributed by atoms with E-state index in [1.807, 2.05) is 26.0 Å². The molecule has 0 saturated carbocycles. The van der Waals surface area contributed by atoms with Gasteiger partial charge in [0.05, 0.1) is 0 Å². The van der Waals surface area contributed by atoms with Crippen molar-refractivity contribution in [3.05, 3.63) is 29.3 Å². The van der Waals surface area contributed by atoms with Gasteiger partial charge in [-0.25, -0.2) is 4.79 Å². The first kappa shape index (κ1) is 12.5. The van der Waals surface area contributed by atoms with Gasteiger partial charge in [0, 0.05) is 6.04 Å². The van der Waals surface area contributed by atoms with E-state index in [-0.39, 0.29) is 6.04 Å². The van der Waals surface area contributed by atoms with Crippen LogP contribution >= 0.6 is 0 Å². The van der Waals surface area contributed by atoms with Crippen LogP contribution < -0.4 is 10.5 Å². The Bertz CT molecular complexity index is 388. The molecule has 0 radical (unpaired) electrons. The van der Waals surface area contributed by atoms with Gasteiger partial charge in [-0.3, -0.25) is 0 Å². The Labute approximate surface area is 95.0 Å². The number of carboxylic acids is 1. The molecule has 88 valence electrons. The smallest absolute Gasteiger partial charge is 0.344 e. The van der Waals surface area contributed by atoms with Gasteiger partial charge in [-0.2, -0.15) is 0 Å². The Hall–Kier alpha value is -1.55. The van der Waals surface area contributed by atoms with Gasteiger partial charge in [-0.15, -0.1) is 0 Å². The molecular formula is C12H17NO3. The molecule has 1 unspecified atom stereocenters. The maximum atomic E-state index is 10.6. The van der Waals surface area contributed by atoms with Crippen molar-refractivity contribution in [2.75, 3.05) is 0 Å². The highest BCUT2D eigenvalue weighted by Gasteiger charge is 2.14. The van der Waals surface area contributed by atoms with Crippen LogP contribution in [0.25, 0.3) is 0 Å². The van der Waals surface area contributed by atoms with E-state index >= 15 is 0 Å². The number of ether oxygens (including phenoxy) is 1. The van der Waals surface area contributed by atoms with Crippen molar-refractivity contribution < 1.29 is 14.6 Å². The summed E-state index contributed by atoms with van der Waals surface area (Å²) < 4.78 is 5.30.